The van der Waals surface area contributed by atoms with Crippen LogP contribution in [0.1, 0.15) is 24.1 Å². The fourth-order valence-corrected chi connectivity index (χ4v) is 1.38. The maximum Gasteiger partial charge on any atom is 0.416 e. The summed E-state index contributed by atoms with van der Waals surface area (Å²) in [6.07, 6.45) is -4.41. The fourth-order valence-electron chi connectivity index (χ4n) is 1.32. The van der Waals surface area contributed by atoms with E-state index in [0.29, 0.717) is 5.56 Å². The van der Waals surface area contributed by atoms with E-state index in [1.54, 1.807) is 0 Å². The highest BCUT2D eigenvalue weighted by Gasteiger charge is 2.30. The maximum absolute atomic E-state index is 12.4. The summed E-state index contributed by atoms with van der Waals surface area (Å²) < 4.78 is 49.3. The van der Waals surface area contributed by atoms with Crippen LogP contribution in [0.2, 0.25) is 0 Å². The van der Waals surface area contributed by atoms with Gasteiger partial charge in [0.15, 0.2) is 0 Å². The van der Waals surface area contributed by atoms with E-state index in [9.17, 15) is 22.4 Å². The number of alkyl halides is 5. The topological polar surface area (TPSA) is 29.1 Å². The van der Waals surface area contributed by atoms with Crippen LogP contribution >= 0.6 is 11.6 Å². The third-order valence-electron chi connectivity index (χ3n) is 2.29. The largest absolute Gasteiger partial charge is 0.416 e. The van der Waals surface area contributed by atoms with Gasteiger partial charge < -0.3 is 5.32 Å². The van der Waals surface area contributed by atoms with Crippen LogP contribution in [0.4, 0.5) is 17.6 Å². The van der Waals surface area contributed by atoms with Crippen molar-refractivity contribution in [1.29, 1.82) is 0 Å². The lowest BCUT2D eigenvalue weighted by molar-refractivity contribution is -0.137. The summed E-state index contributed by atoms with van der Waals surface area (Å²) in [6, 6.07) is 3.60. The number of nitrogens with one attached hydrogen (secondary N) is 1. The number of amides is 1. The third-order valence-corrected chi connectivity index (χ3v) is 2.49. The zero-order valence-electron chi connectivity index (χ0n) is 9.26. The van der Waals surface area contributed by atoms with E-state index in [1.165, 1.54) is 19.1 Å². The Hall–Kier alpha value is -1.30. The molecule has 1 aromatic rings. The molecule has 1 N–H and O–H groups in total. The van der Waals surface area contributed by atoms with Gasteiger partial charge in [-0.25, -0.2) is 4.39 Å². The lowest BCUT2D eigenvalue weighted by Crippen LogP contribution is -2.31. The lowest BCUT2D eigenvalue weighted by atomic mass is 10.1. The van der Waals surface area contributed by atoms with E-state index in [-0.39, 0.29) is 0 Å². The van der Waals surface area contributed by atoms with Gasteiger partial charge >= 0.3 is 6.18 Å². The number of carbonyl (C=O) groups is 1. The molecule has 1 amide bonds. The first-order valence-corrected chi connectivity index (χ1v) is 5.41. The average Bonchev–Trinajstić information content (AvgIpc) is 2.27. The molecule has 1 unspecified atom stereocenters. The number of carbonyl (C=O) groups excluding carboxylic acids is 1. The van der Waals surface area contributed by atoms with Crippen LogP contribution < -0.4 is 5.32 Å². The van der Waals surface area contributed by atoms with Crippen LogP contribution in [0.3, 0.4) is 0 Å². The molecule has 1 rings (SSSR count). The van der Waals surface area contributed by atoms with E-state index in [4.69, 9.17) is 11.6 Å². The van der Waals surface area contributed by atoms with Crippen molar-refractivity contribution in [2.75, 3.05) is 0 Å². The Kier molecular flexibility index (Phi) is 4.56. The minimum Gasteiger partial charge on any atom is -0.346 e. The van der Waals surface area contributed by atoms with E-state index in [0.717, 1.165) is 12.1 Å². The molecule has 0 spiro atoms. The standard InChI is InChI=1S/C11H10ClF4NO/c1-6(17-10(18)9(12)13)7-2-4-8(5-3-7)11(14,15)16/h2-6,9H,1H3,(H,17,18)/t6-,9?/m0/s1. The van der Waals surface area contributed by atoms with E-state index in [1.807, 2.05) is 0 Å². The van der Waals surface area contributed by atoms with Gasteiger partial charge in [-0.3, -0.25) is 4.79 Å². The smallest absolute Gasteiger partial charge is 0.346 e. The normalized spacial score (nSPS) is 15.0. The zero-order valence-corrected chi connectivity index (χ0v) is 10.0. The highest BCUT2D eigenvalue weighted by atomic mass is 35.5. The molecule has 0 aliphatic carbocycles. The van der Waals surface area contributed by atoms with Gasteiger partial charge in [0.2, 0.25) is 0 Å². The summed E-state index contributed by atoms with van der Waals surface area (Å²) in [5.41, 5.74) is -2.54. The summed E-state index contributed by atoms with van der Waals surface area (Å²) in [7, 11) is 0. The molecule has 2 nitrogen and oxygen atoms in total. The Morgan fingerprint density at radius 3 is 2.17 bits per heavy atom. The second-order valence-electron chi connectivity index (χ2n) is 3.65. The molecule has 0 aliphatic rings. The minimum absolute atomic E-state index is 0.425. The van der Waals surface area contributed by atoms with Crippen LogP contribution in [0.15, 0.2) is 24.3 Å². The molecule has 0 saturated heterocycles. The van der Waals surface area contributed by atoms with Crippen molar-refractivity contribution < 1.29 is 22.4 Å². The first kappa shape index (κ1) is 14.8. The van der Waals surface area contributed by atoms with Crippen LogP contribution in [0.25, 0.3) is 0 Å². The summed E-state index contributed by atoms with van der Waals surface area (Å²) in [6.45, 7) is 1.51. The second-order valence-corrected chi connectivity index (χ2v) is 4.03. The van der Waals surface area contributed by atoms with Gasteiger partial charge in [-0.1, -0.05) is 23.7 Å². The molecular weight excluding hydrogens is 274 g/mol. The van der Waals surface area contributed by atoms with Crippen LogP contribution in [-0.4, -0.2) is 11.5 Å². The maximum atomic E-state index is 12.4. The first-order chi connectivity index (χ1) is 8.21. The monoisotopic (exact) mass is 283 g/mol. The van der Waals surface area contributed by atoms with Crippen molar-refractivity contribution in [1.82, 2.24) is 5.32 Å². The first-order valence-electron chi connectivity index (χ1n) is 4.97. The quantitative estimate of drug-likeness (QED) is 0.668. The van der Waals surface area contributed by atoms with Gasteiger partial charge in [-0.05, 0) is 24.6 Å². The third kappa shape index (κ3) is 3.87. The Labute approximate surface area is 106 Å². The van der Waals surface area contributed by atoms with Crippen molar-refractivity contribution in [3.63, 3.8) is 0 Å². The molecule has 0 saturated carbocycles. The molecule has 0 fully saturated rings. The summed E-state index contributed by atoms with van der Waals surface area (Å²) in [5, 5.41) is 2.23. The predicted octanol–water partition coefficient (Wildman–Crippen LogP) is 3.42. The number of hydrogen-bond donors (Lipinski definition) is 1. The van der Waals surface area contributed by atoms with Gasteiger partial charge in [-0.15, -0.1) is 0 Å². The van der Waals surface area contributed by atoms with E-state index in [2.05, 4.69) is 5.32 Å². The number of benzene rings is 1. The highest BCUT2D eigenvalue weighted by Crippen LogP contribution is 2.29. The Balaban J connectivity index is 2.76. The van der Waals surface area contributed by atoms with Crippen molar-refractivity contribution in [2.24, 2.45) is 0 Å². The number of halogens is 5. The molecular formula is C11H10ClF4NO. The van der Waals surface area contributed by atoms with Crippen molar-refractivity contribution in [3.05, 3.63) is 35.4 Å². The average molecular weight is 284 g/mol. The number of rotatable bonds is 3. The predicted molar refractivity (Wildman–Crippen MR) is 58.8 cm³/mol. The molecule has 0 bridgehead atoms. The molecule has 0 heterocycles. The Morgan fingerprint density at radius 1 is 1.28 bits per heavy atom. The summed E-state index contributed by atoms with van der Waals surface area (Å²) >= 11 is 4.92. The van der Waals surface area contributed by atoms with Gasteiger partial charge in [0.05, 0.1) is 11.6 Å². The zero-order chi connectivity index (χ0) is 13.9. The highest BCUT2D eigenvalue weighted by molar-refractivity contribution is 6.29. The van der Waals surface area contributed by atoms with Gasteiger partial charge in [0.1, 0.15) is 0 Å². The van der Waals surface area contributed by atoms with Crippen molar-refractivity contribution in [3.8, 4) is 0 Å². The molecule has 1 aromatic carbocycles. The van der Waals surface area contributed by atoms with Crippen LogP contribution in [0, 0.1) is 0 Å². The minimum atomic E-state index is -4.41. The second kappa shape index (κ2) is 5.56. The molecule has 18 heavy (non-hydrogen) atoms. The van der Waals surface area contributed by atoms with E-state index < -0.39 is 29.3 Å². The molecule has 100 valence electrons. The van der Waals surface area contributed by atoms with Gasteiger partial charge in [-0.2, -0.15) is 13.2 Å². The van der Waals surface area contributed by atoms with Gasteiger partial charge in [0.25, 0.3) is 11.5 Å². The summed E-state index contributed by atoms with van der Waals surface area (Å²) in [5.74, 6) is -1.02. The SMILES string of the molecule is C[C@H](NC(=O)C(F)Cl)c1ccc(C(F)(F)F)cc1. The van der Waals surface area contributed by atoms with Crippen LogP contribution in [0.5, 0.6) is 0 Å². The fraction of sp³-hybridized carbons (Fsp3) is 0.364. The summed E-state index contributed by atoms with van der Waals surface area (Å²) in [4.78, 5) is 11.0. The van der Waals surface area contributed by atoms with Gasteiger partial charge in [0, 0.05) is 0 Å². The van der Waals surface area contributed by atoms with Crippen LogP contribution in [-0.2, 0) is 11.0 Å². The molecule has 0 aromatic heterocycles. The van der Waals surface area contributed by atoms with Crippen molar-refractivity contribution >= 4 is 17.5 Å². The van der Waals surface area contributed by atoms with Crippen molar-refractivity contribution in [2.45, 2.75) is 24.8 Å². The lowest BCUT2D eigenvalue weighted by Gasteiger charge is -2.15. The Morgan fingerprint density at radius 2 is 1.78 bits per heavy atom. The molecule has 7 heteroatoms. The molecule has 0 radical (unpaired) electrons. The van der Waals surface area contributed by atoms with E-state index >= 15 is 0 Å². The molecule has 2 atom stereocenters. The Bertz CT molecular complexity index is 416. The number of hydrogen-bond acceptors (Lipinski definition) is 1. The molecule has 0 aliphatic heterocycles.